The van der Waals surface area contributed by atoms with E-state index < -0.39 is 42.9 Å². The molecule has 0 spiro atoms. The minimum absolute atomic E-state index is 0.169. The van der Waals surface area contributed by atoms with Gasteiger partial charge in [0.15, 0.2) is 0 Å². The van der Waals surface area contributed by atoms with Crippen molar-refractivity contribution < 1.29 is 39.9 Å². The highest BCUT2D eigenvalue weighted by molar-refractivity contribution is 5.97. The van der Waals surface area contributed by atoms with E-state index in [9.17, 15) is 30.0 Å². The zero-order chi connectivity index (χ0) is 19.1. The van der Waals surface area contributed by atoms with Gasteiger partial charge in [-0.1, -0.05) is 6.07 Å². The molecule has 140 valence electrons. The van der Waals surface area contributed by atoms with Crippen molar-refractivity contribution in [1.29, 1.82) is 0 Å². The lowest BCUT2D eigenvalue weighted by molar-refractivity contribution is -0.117. The maximum atomic E-state index is 12.4. The van der Waals surface area contributed by atoms with Crippen LogP contribution in [-0.4, -0.2) is 94.0 Å². The van der Waals surface area contributed by atoms with Gasteiger partial charge >= 0.3 is 5.97 Å². The molecule has 1 amide bonds. The van der Waals surface area contributed by atoms with E-state index in [1.165, 1.54) is 38.4 Å². The number of aliphatic hydroxyl groups is 5. The van der Waals surface area contributed by atoms with E-state index >= 15 is 0 Å². The summed E-state index contributed by atoms with van der Waals surface area (Å²) in [6, 6.07) is 5.78. The van der Waals surface area contributed by atoms with E-state index in [4.69, 9.17) is 5.11 Å². The summed E-state index contributed by atoms with van der Waals surface area (Å²) >= 11 is 0. The van der Waals surface area contributed by atoms with Gasteiger partial charge in [0.2, 0.25) is 0 Å². The largest absolute Gasteiger partial charge is 0.465 e. The van der Waals surface area contributed by atoms with Gasteiger partial charge in [-0.05, 0) is 18.2 Å². The van der Waals surface area contributed by atoms with Gasteiger partial charge in [0.05, 0.1) is 19.3 Å². The van der Waals surface area contributed by atoms with Gasteiger partial charge in [0.25, 0.3) is 5.91 Å². The first-order chi connectivity index (χ1) is 11.7. The third-order valence-corrected chi connectivity index (χ3v) is 3.66. The van der Waals surface area contributed by atoms with Gasteiger partial charge in [-0.15, -0.1) is 0 Å². The Morgan fingerprint density at radius 1 is 1.08 bits per heavy atom. The number of likely N-dealkylation sites (N-methyl/N-ethyl adjacent to an activating group) is 1. The standard InChI is InChI=1S/C16H23NO8/c1-17(7-11(19)13(21)14(22)12(20)8-18)15(23)9-4-3-5-10(6-9)16(24)25-2/h3-6,11-14,18-22H,7-8H2,1-2H3. The summed E-state index contributed by atoms with van der Waals surface area (Å²) in [5, 5.41) is 47.3. The van der Waals surface area contributed by atoms with Gasteiger partial charge in [-0.2, -0.15) is 0 Å². The first-order valence-electron chi connectivity index (χ1n) is 7.49. The van der Waals surface area contributed by atoms with E-state index in [1.807, 2.05) is 0 Å². The smallest absolute Gasteiger partial charge is 0.337 e. The second-order valence-corrected chi connectivity index (χ2v) is 5.56. The minimum atomic E-state index is -1.77. The molecule has 0 saturated carbocycles. The quantitative estimate of drug-likeness (QED) is 0.335. The second kappa shape index (κ2) is 9.44. The molecule has 0 aliphatic carbocycles. The van der Waals surface area contributed by atoms with Crippen molar-refractivity contribution in [2.45, 2.75) is 24.4 Å². The number of ether oxygens (including phenoxy) is 1. The SMILES string of the molecule is COC(=O)c1cccc(C(=O)N(C)CC(O)C(O)C(O)C(O)CO)c1. The fourth-order valence-corrected chi connectivity index (χ4v) is 2.15. The van der Waals surface area contributed by atoms with Crippen molar-refractivity contribution in [3.63, 3.8) is 0 Å². The number of nitrogens with zero attached hydrogens (tertiary/aromatic N) is 1. The van der Waals surface area contributed by atoms with Gasteiger partial charge in [0.1, 0.15) is 24.4 Å². The number of aliphatic hydroxyl groups excluding tert-OH is 5. The van der Waals surface area contributed by atoms with Crippen LogP contribution in [0.3, 0.4) is 0 Å². The lowest BCUT2D eigenvalue weighted by Gasteiger charge is -2.28. The highest BCUT2D eigenvalue weighted by Crippen LogP contribution is 2.11. The van der Waals surface area contributed by atoms with Crippen molar-refractivity contribution in [2.75, 3.05) is 27.3 Å². The lowest BCUT2D eigenvalue weighted by Crippen LogP contribution is -2.50. The van der Waals surface area contributed by atoms with Crippen LogP contribution >= 0.6 is 0 Å². The molecule has 0 saturated heterocycles. The van der Waals surface area contributed by atoms with Crippen molar-refractivity contribution in [3.8, 4) is 0 Å². The number of hydrogen-bond acceptors (Lipinski definition) is 8. The highest BCUT2D eigenvalue weighted by atomic mass is 16.5. The molecule has 0 fully saturated rings. The first kappa shape index (κ1) is 21.0. The van der Waals surface area contributed by atoms with Gasteiger partial charge in [-0.25, -0.2) is 4.79 Å². The van der Waals surface area contributed by atoms with Crippen LogP contribution in [0.5, 0.6) is 0 Å². The van der Waals surface area contributed by atoms with Crippen molar-refractivity contribution in [2.24, 2.45) is 0 Å². The molecule has 5 N–H and O–H groups in total. The minimum Gasteiger partial charge on any atom is -0.465 e. The Kier molecular flexibility index (Phi) is 7.94. The molecule has 9 nitrogen and oxygen atoms in total. The molecule has 0 heterocycles. The maximum Gasteiger partial charge on any atom is 0.337 e. The van der Waals surface area contributed by atoms with Crippen molar-refractivity contribution in [1.82, 2.24) is 4.90 Å². The lowest BCUT2D eigenvalue weighted by atomic mass is 10.0. The van der Waals surface area contributed by atoms with Crippen LogP contribution in [0, 0.1) is 0 Å². The second-order valence-electron chi connectivity index (χ2n) is 5.56. The summed E-state index contributed by atoms with van der Waals surface area (Å²) in [6.07, 6.45) is -6.72. The molecule has 0 aliphatic rings. The predicted molar refractivity (Wildman–Crippen MR) is 85.9 cm³/mol. The molecule has 9 heteroatoms. The molecule has 1 rings (SSSR count). The summed E-state index contributed by atoms with van der Waals surface area (Å²) in [5.74, 6) is -1.14. The van der Waals surface area contributed by atoms with Crippen molar-refractivity contribution in [3.05, 3.63) is 35.4 Å². The number of hydrogen-bond donors (Lipinski definition) is 5. The Balaban J connectivity index is 2.78. The van der Waals surface area contributed by atoms with E-state index in [0.717, 1.165) is 4.90 Å². The van der Waals surface area contributed by atoms with Crippen LogP contribution in [0.1, 0.15) is 20.7 Å². The third kappa shape index (κ3) is 5.48. The van der Waals surface area contributed by atoms with E-state index in [2.05, 4.69) is 4.74 Å². The summed E-state index contributed by atoms with van der Waals surface area (Å²) in [6.45, 7) is -1.14. The number of rotatable bonds is 8. The predicted octanol–water partition coefficient (Wildman–Crippen LogP) is -2.02. The Morgan fingerprint density at radius 2 is 1.64 bits per heavy atom. The normalized spacial score (nSPS) is 15.8. The summed E-state index contributed by atoms with van der Waals surface area (Å²) in [5.41, 5.74) is 0.354. The molecule has 0 aliphatic heterocycles. The number of carbonyl (C=O) groups is 2. The van der Waals surface area contributed by atoms with Crippen LogP contribution in [0.25, 0.3) is 0 Å². The van der Waals surface area contributed by atoms with Crippen LogP contribution in [0.15, 0.2) is 24.3 Å². The van der Waals surface area contributed by atoms with Crippen LogP contribution in [0.2, 0.25) is 0 Å². The van der Waals surface area contributed by atoms with Crippen LogP contribution in [-0.2, 0) is 4.74 Å². The zero-order valence-electron chi connectivity index (χ0n) is 13.9. The summed E-state index contributed by atoms with van der Waals surface area (Å²) < 4.78 is 4.58. The monoisotopic (exact) mass is 357 g/mol. The van der Waals surface area contributed by atoms with E-state index in [0.29, 0.717) is 0 Å². The average molecular weight is 357 g/mol. The van der Waals surface area contributed by atoms with Gasteiger partial charge < -0.3 is 35.2 Å². The zero-order valence-corrected chi connectivity index (χ0v) is 13.9. The molecular weight excluding hydrogens is 334 g/mol. The van der Waals surface area contributed by atoms with Gasteiger partial charge in [-0.3, -0.25) is 4.79 Å². The number of carbonyl (C=O) groups excluding carboxylic acids is 2. The van der Waals surface area contributed by atoms with E-state index in [1.54, 1.807) is 0 Å². The fraction of sp³-hybridized carbons (Fsp3) is 0.500. The number of benzene rings is 1. The number of esters is 1. The first-order valence-corrected chi connectivity index (χ1v) is 7.49. The van der Waals surface area contributed by atoms with Crippen LogP contribution < -0.4 is 0 Å². The Bertz CT molecular complexity index is 593. The number of amides is 1. The molecule has 4 atom stereocenters. The highest BCUT2D eigenvalue weighted by Gasteiger charge is 2.31. The molecule has 25 heavy (non-hydrogen) atoms. The third-order valence-electron chi connectivity index (χ3n) is 3.66. The Labute approximate surface area is 144 Å². The molecule has 0 radical (unpaired) electrons. The van der Waals surface area contributed by atoms with Crippen molar-refractivity contribution >= 4 is 11.9 Å². The molecule has 0 aromatic heterocycles. The molecule has 0 bridgehead atoms. The Hall–Kier alpha value is -2.04. The van der Waals surface area contributed by atoms with E-state index in [-0.39, 0.29) is 17.7 Å². The van der Waals surface area contributed by atoms with Gasteiger partial charge in [0, 0.05) is 19.2 Å². The Morgan fingerprint density at radius 3 is 2.20 bits per heavy atom. The molecule has 1 aromatic carbocycles. The molecule has 4 unspecified atom stereocenters. The fourth-order valence-electron chi connectivity index (χ4n) is 2.15. The molecule has 1 aromatic rings. The molecular formula is C16H23NO8. The van der Waals surface area contributed by atoms with Crippen LogP contribution in [0.4, 0.5) is 0 Å². The summed E-state index contributed by atoms with van der Waals surface area (Å²) in [7, 11) is 2.57. The maximum absolute atomic E-state index is 12.4. The number of methoxy groups -OCH3 is 1. The topological polar surface area (TPSA) is 148 Å². The average Bonchev–Trinajstić information content (AvgIpc) is 2.64. The summed E-state index contributed by atoms with van der Waals surface area (Å²) in [4.78, 5) is 24.9.